The molecule has 1 saturated heterocycles. The highest BCUT2D eigenvalue weighted by Crippen LogP contribution is 2.38. The monoisotopic (exact) mass is 517 g/mol. The number of rotatable bonds is 5. The molecule has 1 saturated carbocycles. The van der Waals surface area contributed by atoms with Gasteiger partial charge >= 0.3 is 12.1 Å². The number of amides is 1. The van der Waals surface area contributed by atoms with Gasteiger partial charge in [0.25, 0.3) is 0 Å². The van der Waals surface area contributed by atoms with Crippen LogP contribution >= 0.6 is 22.9 Å². The lowest BCUT2D eigenvalue weighted by molar-refractivity contribution is -0.147. The third-order valence-electron chi connectivity index (χ3n) is 7.46. The third-order valence-corrected chi connectivity index (χ3v) is 8.92. The summed E-state index contributed by atoms with van der Waals surface area (Å²) in [5.41, 5.74) is 1.82. The summed E-state index contributed by atoms with van der Waals surface area (Å²) in [4.78, 5) is 33.2. The predicted molar refractivity (Wildman–Crippen MR) is 136 cm³/mol. The molecule has 7 nitrogen and oxygen atoms in total. The number of benzene rings is 1. The Kier molecular flexibility index (Phi) is 7.62. The molecule has 2 aromatic rings. The topological polar surface area (TPSA) is 62.3 Å². The average Bonchev–Trinajstić information content (AvgIpc) is 3.55. The SMILES string of the molecule is COC(=O)[C@H](c1ccccc1Cl)N1CCc2sc(OC(=O)N3CCN(C4CCCC4)CC3)cc2C1. The van der Waals surface area contributed by atoms with Crippen molar-refractivity contribution in [3.05, 3.63) is 51.4 Å². The number of carbonyl (C=O) groups is 2. The standard InChI is InChI=1S/C26H32ClN3O4S/c1-33-25(31)24(20-8-4-5-9-21(20)27)30-11-10-22-18(17-30)16-23(35-22)34-26(32)29-14-12-28(13-15-29)19-6-2-3-7-19/h4-5,8-9,16,19,24H,2-3,6-7,10-15,17H2,1H3/t24-/m0/s1. The van der Waals surface area contributed by atoms with Crippen molar-refractivity contribution in [2.45, 2.75) is 50.7 Å². The van der Waals surface area contributed by atoms with Crippen LogP contribution in [0.4, 0.5) is 4.79 Å². The minimum atomic E-state index is -0.580. The van der Waals surface area contributed by atoms with E-state index in [0.29, 0.717) is 42.3 Å². The predicted octanol–water partition coefficient (Wildman–Crippen LogP) is 4.73. The van der Waals surface area contributed by atoms with E-state index in [1.165, 1.54) is 49.0 Å². The molecule has 1 aliphatic carbocycles. The summed E-state index contributed by atoms with van der Waals surface area (Å²) in [6.07, 6.45) is 5.73. The summed E-state index contributed by atoms with van der Waals surface area (Å²) < 4.78 is 10.9. The molecule has 0 radical (unpaired) electrons. The third kappa shape index (κ3) is 5.35. The number of thiophene rings is 1. The van der Waals surface area contributed by atoms with Crippen LogP contribution in [-0.2, 0) is 22.5 Å². The van der Waals surface area contributed by atoms with Gasteiger partial charge in [0.15, 0.2) is 5.06 Å². The Hall–Kier alpha value is -2.13. The zero-order valence-electron chi connectivity index (χ0n) is 20.1. The van der Waals surface area contributed by atoms with Crippen LogP contribution in [0.3, 0.4) is 0 Å². The molecule has 1 aromatic heterocycles. The van der Waals surface area contributed by atoms with E-state index in [2.05, 4.69) is 9.80 Å². The molecular weight excluding hydrogens is 486 g/mol. The van der Waals surface area contributed by atoms with Gasteiger partial charge < -0.3 is 14.4 Å². The highest BCUT2D eigenvalue weighted by atomic mass is 35.5. The van der Waals surface area contributed by atoms with Crippen molar-refractivity contribution in [3.63, 3.8) is 0 Å². The molecule has 0 bridgehead atoms. The molecule has 188 valence electrons. The maximum atomic E-state index is 12.8. The second kappa shape index (κ2) is 10.9. The van der Waals surface area contributed by atoms with Gasteiger partial charge in [0, 0.05) is 55.2 Å². The molecule has 0 unspecified atom stereocenters. The molecule has 0 spiro atoms. The second-order valence-electron chi connectivity index (χ2n) is 9.51. The lowest BCUT2D eigenvalue weighted by Gasteiger charge is -2.37. The Morgan fingerprint density at radius 3 is 2.54 bits per heavy atom. The first-order chi connectivity index (χ1) is 17.0. The zero-order chi connectivity index (χ0) is 24.4. The Balaban J connectivity index is 1.22. The van der Waals surface area contributed by atoms with Crippen LogP contribution in [0.1, 0.15) is 47.7 Å². The quantitative estimate of drug-likeness (QED) is 0.534. The van der Waals surface area contributed by atoms with E-state index >= 15 is 0 Å². The molecule has 1 amide bonds. The van der Waals surface area contributed by atoms with Crippen molar-refractivity contribution >= 4 is 35.0 Å². The van der Waals surface area contributed by atoms with E-state index in [0.717, 1.165) is 30.6 Å². The smallest absolute Gasteiger partial charge is 0.416 e. The van der Waals surface area contributed by atoms with Gasteiger partial charge in [0.05, 0.1) is 7.11 Å². The lowest BCUT2D eigenvalue weighted by atomic mass is 10.0. The average molecular weight is 518 g/mol. The van der Waals surface area contributed by atoms with Crippen LogP contribution in [0, 0.1) is 0 Å². The number of hydrogen-bond donors (Lipinski definition) is 0. The fourth-order valence-electron chi connectivity index (χ4n) is 5.57. The molecule has 2 fully saturated rings. The molecule has 0 N–H and O–H groups in total. The first-order valence-electron chi connectivity index (χ1n) is 12.4. The lowest BCUT2D eigenvalue weighted by Crippen LogP contribution is -2.52. The summed E-state index contributed by atoms with van der Waals surface area (Å²) >= 11 is 7.95. The van der Waals surface area contributed by atoms with Crippen molar-refractivity contribution in [1.29, 1.82) is 0 Å². The van der Waals surface area contributed by atoms with Crippen LogP contribution in [0.5, 0.6) is 5.06 Å². The van der Waals surface area contributed by atoms with Gasteiger partial charge in [-0.3, -0.25) is 9.80 Å². The maximum Gasteiger partial charge on any atom is 0.416 e. The summed E-state index contributed by atoms with van der Waals surface area (Å²) in [7, 11) is 1.40. The molecule has 35 heavy (non-hydrogen) atoms. The molecule has 3 aliphatic rings. The van der Waals surface area contributed by atoms with Gasteiger partial charge in [-0.15, -0.1) is 11.3 Å². The zero-order valence-corrected chi connectivity index (χ0v) is 21.7. The molecule has 3 heterocycles. The number of methoxy groups -OCH3 is 1. The molecule has 2 aliphatic heterocycles. The molecule has 9 heteroatoms. The van der Waals surface area contributed by atoms with E-state index in [9.17, 15) is 9.59 Å². The second-order valence-corrected chi connectivity index (χ2v) is 11.0. The van der Waals surface area contributed by atoms with E-state index in [1.807, 2.05) is 29.2 Å². The molecule has 5 rings (SSSR count). The van der Waals surface area contributed by atoms with Crippen LogP contribution in [0.25, 0.3) is 0 Å². The first-order valence-corrected chi connectivity index (χ1v) is 13.6. The highest BCUT2D eigenvalue weighted by molar-refractivity contribution is 7.14. The first kappa shape index (κ1) is 24.6. The fraction of sp³-hybridized carbons (Fsp3) is 0.538. The Labute approximate surface area is 215 Å². The molecule has 1 aromatic carbocycles. The minimum absolute atomic E-state index is 0.268. The van der Waals surface area contributed by atoms with Gasteiger partial charge in [-0.05, 0) is 42.5 Å². The van der Waals surface area contributed by atoms with Gasteiger partial charge in [0.1, 0.15) is 6.04 Å². The van der Waals surface area contributed by atoms with Crippen molar-refractivity contribution in [2.24, 2.45) is 0 Å². The fourth-order valence-corrected chi connectivity index (χ4v) is 6.81. The number of nitrogens with zero attached hydrogens (tertiary/aromatic N) is 3. The molecule has 1 atom stereocenters. The summed E-state index contributed by atoms with van der Waals surface area (Å²) in [6.45, 7) is 4.53. The largest absolute Gasteiger partial charge is 0.468 e. The van der Waals surface area contributed by atoms with Crippen LogP contribution in [-0.4, -0.2) is 72.6 Å². The number of ether oxygens (including phenoxy) is 2. The number of piperazine rings is 1. The van der Waals surface area contributed by atoms with Crippen LogP contribution in [0.2, 0.25) is 5.02 Å². The Morgan fingerprint density at radius 1 is 1.09 bits per heavy atom. The van der Waals surface area contributed by atoms with E-state index < -0.39 is 6.04 Å². The van der Waals surface area contributed by atoms with Gasteiger partial charge in [-0.2, -0.15) is 0 Å². The molecular formula is C26H32ClN3O4S. The van der Waals surface area contributed by atoms with Crippen LogP contribution < -0.4 is 4.74 Å². The number of carbonyl (C=O) groups excluding carboxylic acids is 2. The summed E-state index contributed by atoms with van der Waals surface area (Å²) in [5.74, 6) is -0.333. The number of halogens is 1. The Morgan fingerprint density at radius 2 is 1.83 bits per heavy atom. The van der Waals surface area contributed by atoms with Crippen molar-refractivity contribution in [2.75, 3.05) is 39.8 Å². The van der Waals surface area contributed by atoms with E-state index in [4.69, 9.17) is 21.1 Å². The van der Waals surface area contributed by atoms with Gasteiger partial charge in [-0.25, -0.2) is 9.59 Å². The normalized spacial score (nSPS) is 20.5. The minimum Gasteiger partial charge on any atom is -0.468 e. The summed E-state index contributed by atoms with van der Waals surface area (Å²) in [5, 5.41) is 1.16. The van der Waals surface area contributed by atoms with E-state index in [-0.39, 0.29) is 12.1 Å². The van der Waals surface area contributed by atoms with E-state index in [1.54, 1.807) is 6.07 Å². The number of fused-ring (bicyclic) bond motifs is 1. The Bertz CT molecular complexity index is 1060. The van der Waals surface area contributed by atoms with Crippen molar-refractivity contribution in [1.82, 2.24) is 14.7 Å². The maximum absolute atomic E-state index is 12.8. The summed E-state index contributed by atoms with van der Waals surface area (Å²) in [6, 6.07) is 9.44. The number of hydrogen-bond acceptors (Lipinski definition) is 7. The van der Waals surface area contributed by atoms with Crippen molar-refractivity contribution < 1.29 is 19.1 Å². The van der Waals surface area contributed by atoms with Gasteiger partial charge in [0.2, 0.25) is 0 Å². The van der Waals surface area contributed by atoms with Crippen molar-refractivity contribution in [3.8, 4) is 5.06 Å². The van der Waals surface area contributed by atoms with Gasteiger partial charge in [-0.1, -0.05) is 42.6 Å². The van der Waals surface area contributed by atoms with Crippen LogP contribution in [0.15, 0.2) is 30.3 Å². The highest BCUT2D eigenvalue weighted by Gasteiger charge is 2.34. The number of esters is 1.